The van der Waals surface area contributed by atoms with Crippen molar-refractivity contribution in [3.8, 4) is 5.75 Å². The minimum Gasteiger partial charge on any atom is -0.495 e. The van der Waals surface area contributed by atoms with Crippen LogP contribution >= 0.6 is 22.9 Å². The van der Waals surface area contributed by atoms with Gasteiger partial charge < -0.3 is 15.2 Å². The van der Waals surface area contributed by atoms with Gasteiger partial charge in [-0.05, 0) is 18.2 Å². The Morgan fingerprint density at radius 3 is 2.82 bits per heavy atom. The Kier molecular flexibility index (Phi) is 5.35. The molecule has 8 heteroatoms. The second kappa shape index (κ2) is 7.24. The molecule has 0 fully saturated rings. The van der Waals surface area contributed by atoms with E-state index in [1.165, 1.54) is 18.4 Å². The van der Waals surface area contributed by atoms with Crippen LogP contribution in [0.5, 0.6) is 5.75 Å². The lowest BCUT2D eigenvalue weighted by atomic mass is 10.3. The van der Waals surface area contributed by atoms with Gasteiger partial charge in [0.05, 0.1) is 30.7 Å². The van der Waals surface area contributed by atoms with E-state index in [2.05, 4.69) is 10.3 Å². The van der Waals surface area contributed by atoms with Gasteiger partial charge in [0.2, 0.25) is 5.91 Å². The van der Waals surface area contributed by atoms with Crippen LogP contribution in [0, 0.1) is 0 Å². The predicted octanol–water partition coefficient (Wildman–Crippen LogP) is 2.61. The molecule has 0 saturated carbocycles. The van der Waals surface area contributed by atoms with E-state index in [4.69, 9.17) is 21.4 Å². The molecule has 0 aliphatic rings. The number of amides is 1. The number of methoxy groups -OCH3 is 1. The van der Waals surface area contributed by atoms with Gasteiger partial charge >= 0.3 is 5.97 Å². The summed E-state index contributed by atoms with van der Waals surface area (Å²) in [6.45, 7) is 0. The highest BCUT2D eigenvalue weighted by atomic mass is 35.5. The number of halogens is 1. The zero-order valence-electron chi connectivity index (χ0n) is 11.6. The molecule has 0 saturated heterocycles. The monoisotopic (exact) mass is 340 g/mol. The molecule has 0 spiro atoms. The second-order valence-electron chi connectivity index (χ2n) is 4.38. The van der Waals surface area contributed by atoms with E-state index in [9.17, 15) is 9.59 Å². The average Bonchev–Trinajstić information content (AvgIpc) is 2.85. The van der Waals surface area contributed by atoms with Gasteiger partial charge in [-0.1, -0.05) is 11.6 Å². The first-order valence-electron chi connectivity index (χ1n) is 6.26. The van der Waals surface area contributed by atoms with Gasteiger partial charge in [0, 0.05) is 11.1 Å². The SMILES string of the molecule is COc1ccc(NC(=O)Cc2nc(CC(=O)O)cs2)cc1Cl. The van der Waals surface area contributed by atoms with E-state index in [1.807, 2.05) is 0 Å². The van der Waals surface area contributed by atoms with Crippen molar-refractivity contribution < 1.29 is 19.4 Å². The normalized spacial score (nSPS) is 10.3. The van der Waals surface area contributed by atoms with Crippen molar-refractivity contribution in [3.63, 3.8) is 0 Å². The summed E-state index contributed by atoms with van der Waals surface area (Å²) in [5.41, 5.74) is 1.01. The number of aliphatic carboxylic acids is 1. The number of nitrogens with zero attached hydrogens (tertiary/aromatic N) is 1. The van der Waals surface area contributed by atoms with E-state index in [-0.39, 0.29) is 18.7 Å². The maximum atomic E-state index is 11.9. The number of thiazole rings is 1. The van der Waals surface area contributed by atoms with Crippen molar-refractivity contribution in [3.05, 3.63) is 39.3 Å². The van der Waals surface area contributed by atoms with Crippen molar-refractivity contribution in [2.24, 2.45) is 0 Å². The van der Waals surface area contributed by atoms with Gasteiger partial charge in [-0.3, -0.25) is 9.59 Å². The molecule has 22 heavy (non-hydrogen) atoms. The fraction of sp³-hybridized carbons (Fsp3) is 0.214. The third-order valence-corrected chi connectivity index (χ3v) is 3.87. The Labute approximate surface area is 135 Å². The second-order valence-corrected chi connectivity index (χ2v) is 5.73. The number of ether oxygens (including phenoxy) is 1. The van der Waals surface area contributed by atoms with Crippen LogP contribution in [0.15, 0.2) is 23.6 Å². The fourth-order valence-electron chi connectivity index (χ4n) is 1.75. The molecule has 6 nitrogen and oxygen atoms in total. The highest BCUT2D eigenvalue weighted by Crippen LogP contribution is 2.27. The molecule has 1 aromatic carbocycles. The topological polar surface area (TPSA) is 88.5 Å². The average molecular weight is 341 g/mol. The van der Waals surface area contributed by atoms with Crippen LogP contribution in [0.4, 0.5) is 5.69 Å². The van der Waals surface area contributed by atoms with Crippen LogP contribution in [-0.2, 0) is 22.4 Å². The third-order valence-electron chi connectivity index (χ3n) is 2.68. The van der Waals surface area contributed by atoms with Crippen LogP contribution < -0.4 is 10.1 Å². The van der Waals surface area contributed by atoms with Crippen LogP contribution in [0.25, 0.3) is 0 Å². The van der Waals surface area contributed by atoms with Crippen LogP contribution in [0.2, 0.25) is 5.02 Å². The van der Waals surface area contributed by atoms with Crippen molar-refractivity contribution in [1.29, 1.82) is 0 Å². The Morgan fingerprint density at radius 1 is 1.41 bits per heavy atom. The molecule has 1 aromatic heterocycles. The summed E-state index contributed by atoms with van der Waals surface area (Å²) in [6, 6.07) is 4.93. The summed E-state index contributed by atoms with van der Waals surface area (Å²) in [4.78, 5) is 26.6. The molecule has 0 atom stereocenters. The molecule has 2 N–H and O–H groups in total. The molecule has 2 aromatic rings. The number of carboxylic acids is 1. The first kappa shape index (κ1) is 16.3. The molecule has 1 heterocycles. The Bertz CT molecular complexity index is 702. The van der Waals surface area contributed by atoms with E-state index < -0.39 is 5.97 Å². The number of rotatable bonds is 6. The summed E-state index contributed by atoms with van der Waals surface area (Å²) in [7, 11) is 1.51. The number of carbonyl (C=O) groups is 2. The van der Waals surface area contributed by atoms with Crippen LogP contribution in [0.3, 0.4) is 0 Å². The number of aromatic nitrogens is 1. The van der Waals surface area contributed by atoms with E-state index in [1.54, 1.807) is 23.6 Å². The van der Waals surface area contributed by atoms with Gasteiger partial charge in [0.1, 0.15) is 10.8 Å². The number of carbonyl (C=O) groups excluding carboxylic acids is 1. The highest BCUT2D eigenvalue weighted by molar-refractivity contribution is 7.09. The molecule has 0 unspecified atom stereocenters. The number of carboxylic acid groups (broad SMARTS) is 1. The van der Waals surface area contributed by atoms with Crippen molar-refractivity contribution in [2.45, 2.75) is 12.8 Å². The fourth-order valence-corrected chi connectivity index (χ4v) is 2.80. The van der Waals surface area contributed by atoms with E-state index in [0.717, 1.165) is 0 Å². The number of anilines is 1. The Hall–Kier alpha value is -2.12. The van der Waals surface area contributed by atoms with Crippen molar-refractivity contribution >= 4 is 40.5 Å². The molecule has 116 valence electrons. The predicted molar refractivity (Wildman–Crippen MR) is 83.8 cm³/mol. The van der Waals surface area contributed by atoms with Gasteiger partial charge in [-0.25, -0.2) is 4.98 Å². The lowest BCUT2D eigenvalue weighted by molar-refractivity contribution is -0.136. The minimum absolute atomic E-state index is 0.0773. The number of nitrogens with one attached hydrogen (secondary N) is 1. The first-order valence-corrected chi connectivity index (χ1v) is 7.52. The summed E-state index contributed by atoms with van der Waals surface area (Å²) in [5, 5.41) is 14.0. The molecular weight excluding hydrogens is 328 g/mol. The van der Waals surface area contributed by atoms with E-state index in [0.29, 0.717) is 27.2 Å². The van der Waals surface area contributed by atoms with Crippen molar-refractivity contribution in [2.75, 3.05) is 12.4 Å². The van der Waals surface area contributed by atoms with Gasteiger partial charge in [-0.15, -0.1) is 11.3 Å². The maximum Gasteiger partial charge on any atom is 0.309 e. The molecule has 1 amide bonds. The smallest absolute Gasteiger partial charge is 0.309 e. The third kappa shape index (κ3) is 4.44. The molecule has 0 aliphatic carbocycles. The summed E-state index contributed by atoms with van der Waals surface area (Å²) in [5.74, 6) is -0.676. The van der Waals surface area contributed by atoms with Gasteiger partial charge in [0.15, 0.2) is 0 Å². The lowest BCUT2D eigenvalue weighted by Crippen LogP contribution is -2.14. The summed E-state index contributed by atoms with van der Waals surface area (Å²) in [6.07, 6.45) is -0.0693. The molecule has 2 rings (SSSR count). The number of hydrogen-bond donors (Lipinski definition) is 2. The summed E-state index contributed by atoms with van der Waals surface area (Å²) >= 11 is 7.24. The van der Waals surface area contributed by atoms with Crippen LogP contribution in [0.1, 0.15) is 10.7 Å². The molecular formula is C14H13ClN2O4S. The Morgan fingerprint density at radius 2 is 2.18 bits per heavy atom. The van der Waals surface area contributed by atoms with Crippen LogP contribution in [-0.4, -0.2) is 29.1 Å². The standard InChI is InChI=1S/C14H13ClN2O4S/c1-21-11-3-2-8(4-10(11)15)16-12(18)6-13-17-9(7-22-13)5-14(19)20/h2-4,7H,5-6H2,1H3,(H,16,18)(H,19,20). The molecule has 0 bridgehead atoms. The lowest BCUT2D eigenvalue weighted by Gasteiger charge is -2.07. The number of hydrogen-bond acceptors (Lipinski definition) is 5. The van der Waals surface area contributed by atoms with Gasteiger partial charge in [-0.2, -0.15) is 0 Å². The highest BCUT2D eigenvalue weighted by Gasteiger charge is 2.11. The largest absolute Gasteiger partial charge is 0.495 e. The molecule has 0 radical (unpaired) electrons. The summed E-state index contributed by atoms with van der Waals surface area (Å²) < 4.78 is 5.03. The van der Waals surface area contributed by atoms with E-state index >= 15 is 0 Å². The van der Waals surface area contributed by atoms with Gasteiger partial charge in [0.25, 0.3) is 0 Å². The number of benzene rings is 1. The van der Waals surface area contributed by atoms with Crippen molar-refractivity contribution in [1.82, 2.24) is 4.98 Å². The minimum atomic E-state index is -0.950. The zero-order valence-corrected chi connectivity index (χ0v) is 13.2. The maximum absolute atomic E-state index is 11.9. The zero-order chi connectivity index (χ0) is 16.1. The molecule has 0 aliphatic heterocycles. The first-order chi connectivity index (χ1) is 10.5. The quantitative estimate of drug-likeness (QED) is 0.843. The Balaban J connectivity index is 1.96.